The van der Waals surface area contributed by atoms with Crippen molar-refractivity contribution in [3.05, 3.63) is 23.8 Å². The molecule has 1 amide bonds. The maximum atomic E-state index is 13.2. The zero-order chi connectivity index (χ0) is 19.8. The molecule has 1 aromatic carbocycles. The number of sulfonamides is 1. The number of aliphatic carboxylic acids is 1. The number of likely N-dealkylation sites (tertiary alicyclic amines) is 1. The average Bonchev–Trinajstić information content (AvgIpc) is 3.06. The summed E-state index contributed by atoms with van der Waals surface area (Å²) >= 11 is 0. The quantitative estimate of drug-likeness (QED) is 0.779. The third kappa shape index (κ3) is 3.53. The minimum absolute atomic E-state index is 0.112. The standard InChI is InChI=1S/C18H24N2O6S/c1-19-27(24,25)16-10-12(7-8-15(16)26-2)17(21)20-13-6-4-3-5-11(13)9-14(20)18(22)23/h7-8,10-11,13-14,19H,3-6,9H2,1-2H3,(H,22,23)/t11-,13-,14+/m1/s1. The zero-order valence-electron chi connectivity index (χ0n) is 15.3. The van der Waals surface area contributed by atoms with Crippen molar-refractivity contribution in [1.29, 1.82) is 0 Å². The molecule has 0 spiro atoms. The van der Waals surface area contributed by atoms with E-state index in [-0.39, 0.29) is 28.2 Å². The first kappa shape index (κ1) is 19.6. The summed E-state index contributed by atoms with van der Waals surface area (Å²) in [5.41, 5.74) is 0.141. The van der Waals surface area contributed by atoms with Crippen LogP contribution >= 0.6 is 0 Å². The second-order valence-corrected chi connectivity index (χ2v) is 8.84. The number of nitrogens with zero attached hydrogens (tertiary/aromatic N) is 1. The normalized spacial score (nSPS) is 25.1. The predicted molar refractivity (Wildman–Crippen MR) is 97.2 cm³/mol. The molecule has 3 rings (SSSR count). The lowest BCUT2D eigenvalue weighted by Crippen LogP contribution is -2.46. The van der Waals surface area contributed by atoms with Crippen molar-refractivity contribution in [2.75, 3.05) is 14.2 Å². The summed E-state index contributed by atoms with van der Waals surface area (Å²) in [4.78, 5) is 26.2. The Morgan fingerprint density at radius 3 is 2.59 bits per heavy atom. The van der Waals surface area contributed by atoms with E-state index in [1.807, 2.05) is 0 Å². The van der Waals surface area contributed by atoms with E-state index in [0.29, 0.717) is 6.42 Å². The first-order valence-electron chi connectivity index (χ1n) is 8.97. The van der Waals surface area contributed by atoms with Crippen LogP contribution < -0.4 is 9.46 Å². The Kier molecular flexibility index (Phi) is 5.43. The summed E-state index contributed by atoms with van der Waals surface area (Å²) in [6.07, 6.45) is 4.14. The number of hydrogen-bond acceptors (Lipinski definition) is 5. The van der Waals surface area contributed by atoms with E-state index in [1.165, 1.54) is 37.3 Å². The Morgan fingerprint density at radius 2 is 1.96 bits per heavy atom. The van der Waals surface area contributed by atoms with Gasteiger partial charge in [-0.15, -0.1) is 0 Å². The number of rotatable bonds is 5. The molecule has 8 nitrogen and oxygen atoms in total. The Morgan fingerprint density at radius 1 is 1.26 bits per heavy atom. The average molecular weight is 396 g/mol. The number of carboxylic acids is 1. The number of carboxylic acid groups (broad SMARTS) is 1. The number of amides is 1. The molecule has 1 aliphatic heterocycles. The largest absolute Gasteiger partial charge is 0.495 e. The number of carbonyl (C=O) groups excluding carboxylic acids is 1. The molecular weight excluding hydrogens is 372 g/mol. The lowest BCUT2D eigenvalue weighted by atomic mass is 9.84. The van der Waals surface area contributed by atoms with E-state index in [1.54, 1.807) is 0 Å². The molecule has 0 aromatic heterocycles. The molecule has 2 N–H and O–H groups in total. The van der Waals surface area contributed by atoms with Gasteiger partial charge in [-0.2, -0.15) is 0 Å². The molecule has 0 radical (unpaired) electrons. The van der Waals surface area contributed by atoms with Crippen LogP contribution in [0.4, 0.5) is 0 Å². The van der Waals surface area contributed by atoms with Gasteiger partial charge in [0.1, 0.15) is 16.7 Å². The smallest absolute Gasteiger partial charge is 0.326 e. The highest BCUT2D eigenvalue weighted by Crippen LogP contribution is 2.41. The SMILES string of the molecule is CNS(=O)(=O)c1cc(C(=O)N2[C@@H]3CCCC[C@@H]3C[C@H]2C(=O)O)ccc1OC. The van der Waals surface area contributed by atoms with Crippen molar-refractivity contribution in [1.82, 2.24) is 9.62 Å². The molecule has 0 unspecified atom stereocenters. The summed E-state index contributed by atoms with van der Waals surface area (Å²) in [6.45, 7) is 0. The fourth-order valence-corrected chi connectivity index (χ4v) is 5.17. The predicted octanol–water partition coefficient (Wildman–Crippen LogP) is 1.46. The summed E-state index contributed by atoms with van der Waals surface area (Å²) in [5, 5.41) is 9.61. The fraction of sp³-hybridized carbons (Fsp3) is 0.556. The molecular formula is C18H24N2O6S. The lowest BCUT2D eigenvalue weighted by molar-refractivity contribution is -0.141. The van der Waals surface area contributed by atoms with Crippen LogP contribution in [0.2, 0.25) is 0 Å². The highest BCUT2D eigenvalue weighted by molar-refractivity contribution is 7.89. The number of benzene rings is 1. The van der Waals surface area contributed by atoms with Crippen LogP contribution in [0.3, 0.4) is 0 Å². The topological polar surface area (TPSA) is 113 Å². The van der Waals surface area contributed by atoms with Crippen molar-refractivity contribution in [3.8, 4) is 5.75 Å². The van der Waals surface area contributed by atoms with Gasteiger partial charge in [0.15, 0.2) is 0 Å². The third-order valence-electron chi connectivity index (χ3n) is 5.58. The van der Waals surface area contributed by atoms with Crippen LogP contribution in [0, 0.1) is 5.92 Å². The van der Waals surface area contributed by atoms with Crippen LogP contribution in [0.25, 0.3) is 0 Å². The molecule has 1 saturated carbocycles. The van der Waals surface area contributed by atoms with Crippen molar-refractivity contribution < 1.29 is 27.9 Å². The maximum Gasteiger partial charge on any atom is 0.326 e. The van der Waals surface area contributed by atoms with Crippen LogP contribution in [-0.4, -0.2) is 56.5 Å². The van der Waals surface area contributed by atoms with E-state index < -0.39 is 27.9 Å². The van der Waals surface area contributed by atoms with Crippen LogP contribution in [0.1, 0.15) is 42.5 Å². The van der Waals surface area contributed by atoms with E-state index in [2.05, 4.69) is 4.72 Å². The van der Waals surface area contributed by atoms with Crippen molar-refractivity contribution >= 4 is 21.9 Å². The Labute approximate surface area is 158 Å². The molecule has 1 aliphatic carbocycles. The molecule has 148 valence electrons. The van der Waals surface area contributed by atoms with Gasteiger partial charge in [0, 0.05) is 11.6 Å². The maximum absolute atomic E-state index is 13.2. The first-order valence-corrected chi connectivity index (χ1v) is 10.5. The van der Waals surface area contributed by atoms with Gasteiger partial charge in [-0.25, -0.2) is 17.9 Å². The molecule has 3 atom stereocenters. The van der Waals surface area contributed by atoms with Crippen molar-refractivity contribution in [2.45, 2.75) is 49.1 Å². The fourth-order valence-electron chi connectivity index (χ4n) is 4.25. The summed E-state index contributed by atoms with van der Waals surface area (Å²) in [5.74, 6) is -1.17. The number of carbonyl (C=O) groups is 2. The van der Waals surface area contributed by atoms with E-state index >= 15 is 0 Å². The highest BCUT2D eigenvalue weighted by atomic mass is 32.2. The van der Waals surface area contributed by atoms with Crippen LogP contribution in [0.5, 0.6) is 5.75 Å². The highest BCUT2D eigenvalue weighted by Gasteiger charge is 2.47. The number of methoxy groups -OCH3 is 1. The van der Waals surface area contributed by atoms with Gasteiger partial charge < -0.3 is 14.7 Å². The lowest BCUT2D eigenvalue weighted by Gasteiger charge is -2.33. The summed E-state index contributed by atoms with van der Waals surface area (Å²) < 4.78 is 31.8. The van der Waals surface area contributed by atoms with E-state index in [9.17, 15) is 23.1 Å². The first-order chi connectivity index (χ1) is 12.8. The van der Waals surface area contributed by atoms with Crippen LogP contribution in [0.15, 0.2) is 23.1 Å². The zero-order valence-corrected chi connectivity index (χ0v) is 16.2. The minimum atomic E-state index is -3.84. The molecule has 2 aliphatic rings. The van der Waals surface area contributed by atoms with Gasteiger partial charge in [-0.3, -0.25) is 4.79 Å². The Bertz CT molecular complexity index is 853. The number of nitrogens with one attached hydrogen (secondary N) is 1. The monoisotopic (exact) mass is 396 g/mol. The number of hydrogen-bond donors (Lipinski definition) is 2. The molecule has 9 heteroatoms. The molecule has 1 aromatic rings. The number of ether oxygens (including phenoxy) is 1. The summed E-state index contributed by atoms with van der Waals surface area (Å²) in [7, 11) is -1.21. The van der Waals surface area contributed by atoms with Crippen LogP contribution in [-0.2, 0) is 14.8 Å². The van der Waals surface area contributed by atoms with Gasteiger partial charge in [-0.1, -0.05) is 12.8 Å². The summed E-state index contributed by atoms with van der Waals surface area (Å²) in [6, 6.07) is 3.16. The van der Waals surface area contributed by atoms with Gasteiger partial charge in [0.25, 0.3) is 5.91 Å². The molecule has 27 heavy (non-hydrogen) atoms. The number of fused-ring (bicyclic) bond motifs is 1. The minimum Gasteiger partial charge on any atom is -0.495 e. The molecule has 0 bridgehead atoms. The van der Waals surface area contributed by atoms with E-state index in [4.69, 9.17) is 4.74 Å². The van der Waals surface area contributed by atoms with Gasteiger partial charge in [-0.05, 0) is 50.4 Å². The second kappa shape index (κ2) is 7.47. The molecule has 1 heterocycles. The van der Waals surface area contributed by atoms with Gasteiger partial charge >= 0.3 is 5.97 Å². The van der Waals surface area contributed by atoms with Gasteiger partial charge in [0.05, 0.1) is 7.11 Å². The molecule has 1 saturated heterocycles. The van der Waals surface area contributed by atoms with E-state index in [0.717, 1.165) is 25.7 Å². The second-order valence-electron chi connectivity index (χ2n) is 6.99. The molecule has 2 fully saturated rings. The van der Waals surface area contributed by atoms with Crippen molar-refractivity contribution in [3.63, 3.8) is 0 Å². The Balaban J connectivity index is 2.01. The third-order valence-corrected chi connectivity index (χ3v) is 7.01. The Hall–Kier alpha value is -2.13. The van der Waals surface area contributed by atoms with Gasteiger partial charge in [0.2, 0.25) is 10.0 Å². The van der Waals surface area contributed by atoms with Crippen molar-refractivity contribution in [2.24, 2.45) is 5.92 Å².